The van der Waals surface area contributed by atoms with Crippen LogP contribution >= 0.6 is 35.9 Å². The number of hydrogen-bond donors (Lipinski definition) is 1. The second kappa shape index (κ2) is 10.2. The van der Waals surface area contributed by atoms with Gasteiger partial charge in [0.2, 0.25) is 5.91 Å². The first kappa shape index (κ1) is 18.4. The molecule has 1 rings (SSSR count). The van der Waals surface area contributed by atoms with Crippen molar-refractivity contribution >= 4 is 41.8 Å². The maximum absolute atomic E-state index is 12.1. The van der Waals surface area contributed by atoms with Crippen LogP contribution in [0, 0.1) is 0 Å². The summed E-state index contributed by atoms with van der Waals surface area (Å²) in [5.41, 5.74) is 0. The van der Waals surface area contributed by atoms with Gasteiger partial charge in [-0.2, -0.15) is 23.5 Å². The summed E-state index contributed by atoms with van der Waals surface area (Å²) >= 11 is 3.78. The molecule has 0 spiro atoms. The van der Waals surface area contributed by atoms with Crippen molar-refractivity contribution in [3.05, 3.63) is 0 Å². The molecule has 0 radical (unpaired) electrons. The predicted octanol–water partition coefficient (Wildman–Crippen LogP) is 2.10. The van der Waals surface area contributed by atoms with E-state index in [2.05, 4.69) is 18.5 Å². The second-order valence-electron chi connectivity index (χ2n) is 4.57. The van der Waals surface area contributed by atoms with E-state index in [0.717, 1.165) is 24.5 Å². The summed E-state index contributed by atoms with van der Waals surface area (Å²) in [6.07, 6.45) is 3.83. The van der Waals surface area contributed by atoms with Crippen molar-refractivity contribution in [1.29, 1.82) is 0 Å². The van der Waals surface area contributed by atoms with Crippen LogP contribution in [0.5, 0.6) is 0 Å². The Morgan fingerprint density at radius 3 is 2.89 bits per heavy atom. The number of nitrogens with zero attached hydrogens (tertiary/aromatic N) is 1. The van der Waals surface area contributed by atoms with Crippen molar-refractivity contribution in [3.8, 4) is 0 Å². The number of carbonyl (C=O) groups is 1. The van der Waals surface area contributed by atoms with Crippen LogP contribution in [-0.2, 0) is 4.79 Å². The van der Waals surface area contributed by atoms with Crippen molar-refractivity contribution in [2.75, 3.05) is 37.1 Å². The summed E-state index contributed by atoms with van der Waals surface area (Å²) < 4.78 is 0. The molecule has 0 aromatic heterocycles. The van der Waals surface area contributed by atoms with Crippen molar-refractivity contribution in [2.45, 2.75) is 31.8 Å². The van der Waals surface area contributed by atoms with E-state index in [-0.39, 0.29) is 18.3 Å². The fraction of sp³-hybridized carbons (Fsp3) is 0.917. The number of rotatable bonds is 6. The molecule has 0 aliphatic carbocycles. The second-order valence-corrected chi connectivity index (χ2v) is 6.70. The largest absolute Gasteiger partial charge is 0.343 e. The molecule has 2 unspecified atom stereocenters. The first-order chi connectivity index (χ1) is 8.15. The van der Waals surface area contributed by atoms with Gasteiger partial charge >= 0.3 is 0 Å². The van der Waals surface area contributed by atoms with Gasteiger partial charge in [0.15, 0.2) is 0 Å². The standard InChI is InChI=1S/C12H24N2OS2.ClH/c1-10(4-6-16-3)14(2)12(15)8-11-9-17-7-5-13-11;/h10-11,13H,4-9H2,1-3H3;1H. The third-order valence-corrected chi connectivity index (χ3v) is 4.99. The minimum Gasteiger partial charge on any atom is -0.343 e. The van der Waals surface area contributed by atoms with Crippen LogP contribution in [-0.4, -0.2) is 60.0 Å². The Morgan fingerprint density at radius 2 is 2.33 bits per heavy atom. The van der Waals surface area contributed by atoms with Gasteiger partial charge in [-0.1, -0.05) is 0 Å². The summed E-state index contributed by atoms with van der Waals surface area (Å²) in [7, 11) is 1.93. The summed E-state index contributed by atoms with van der Waals surface area (Å²) in [6.45, 7) is 3.17. The molecule has 0 aromatic rings. The number of hydrogen-bond acceptors (Lipinski definition) is 4. The van der Waals surface area contributed by atoms with Crippen LogP contribution in [0.1, 0.15) is 19.8 Å². The molecule has 1 aliphatic rings. The van der Waals surface area contributed by atoms with Crippen LogP contribution in [0.3, 0.4) is 0 Å². The van der Waals surface area contributed by atoms with E-state index in [1.165, 1.54) is 5.75 Å². The highest BCUT2D eigenvalue weighted by molar-refractivity contribution is 7.99. The maximum atomic E-state index is 12.1. The van der Waals surface area contributed by atoms with E-state index in [9.17, 15) is 4.79 Å². The van der Waals surface area contributed by atoms with Crippen molar-refractivity contribution in [1.82, 2.24) is 10.2 Å². The van der Waals surface area contributed by atoms with Crippen LogP contribution in [0.2, 0.25) is 0 Å². The van der Waals surface area contributed by atoms with Gasteiger partial charge in [-0.3, -0.25) is 4.79 Å². The van der Waals surface area contributed by atoms with E-state index >= 15 is 0 Å². The Kier molecular flexibility index (Phi) is 10.5. The smallest absolute Gasteiger partial charge is 0.224 e. The Balaban J connectivity index is 0.00000289. The van der Waals surface area contributed by atoms with E-state index in [0.29, 0.717) is 18.5 Å². The molecular formula is C12H25ClN2OS2. The molecule has 1 amide bonds. The zero-order chi connectivity index (χ0) is 12.7. The predicted molar refractivity (Wildman–Crippen MR) is 86.2 cm³/mol. The van der Waals surface area contributed by atoms with E-state index in [1.807, 2.05) is 35.5 Å². The van der Waals surface area contributed by atoms with Crippen LogP contribution in [0.25, 0.3) is 0 Å². The highest BCUT2D eigenvalue weighted by atomic mass is 35.5. The average molecular weight is 313 g/mol. The number of halogens is 1. The Labute approximate surface area is 126 Å². The molecule has 0 saturated carbocycles. The molecule has 18 heavy (non-hydrogen) atoms. The number of amides is 1. The highest BCUT2D eigenvalue weighted by Gasteiger charge is 2.21. The van der Waals surface area contributed by atoms with E-state index < -0.39 is 0 Å². The van der Waals surface area contributed by atoms with Gasteiger partial charge in [0.1, 0.15) is 0 Å². The summed E-state index contributed by atoms with van der Waals surface area (Å²) in [6, 6.07) is 0.725. The fourth-order valence-electron chi connectivity index (χ4n) is 1.83. The molecular weight excluding hydrogens is 288 g/mol. The quantitative estimate of drug-likeness (QED) is 0.814. The van der Waals surface area contributed by atoms with Crippen LogP contribution in [0.4, 0.5) is 0 Å². The highest BCUT2D eigenvalue weighted by Crippen LogP contribution is 2.13. The third-order valence-electron chi connectivity index (χ3n) is 3.21. The molecule has 1 fully saturated rings. The monoisotopic (exact) mass is 312 g/mol. The lowest BCUT2D eigenvalue weighted by Gasteiger charge is -2.28. The molecule has 1 saturated heterocycles. The van der Waals surface area contributed by atoms with Gasteiger partial charge in [-0.15, -0.1) is 12.4 Å². The molecule has 0 bridgehead atoms. The average Bonchev–Trinajstić information content (AvgIpc) is 2.36. The van der Waals surface area contributed by atoms with Crippen molar-refractivity contribution < 1.29 is 4.79 Å². The van der Waals surface area contributed by atoms with Gasteiger partial charge in [0.25, 0.3) is 0 Å². The zero-order valence-electron chi connectivity index (χ0n) is 11.5. The molecule has 2 atom stereocenters. The zero-order valence-corrected chi connectivity index (χ0v) is 13.9. The minimum absolute atomic E-state index is 0. The lowest BCUT2D eigenvalue weighted by Crippen LogP contribution is -2.43. The fourth-order valence-corrected chi connectivity index (χ4v) is 3.36. The third kappa shape index (κ3) is 6.55. The first-order valence-corrected chi connectivity index (χ1v) is 8.75. The number of thioether (sulfide) groups is 2. The summed E-state index contributed by atoms with van der Waals surface area (Å²) in [5, 5.41) is 3.41. The number of nitrogens with one attached hydrogen (secondary N) is 1. The van der Waals surface area contributed by atoms with Gasteiger partial charge in [-0.05, 0) is 25.4 Å². The van der Waals surface area contributed by atoms with Crippen LogP contribution < -0.4 is 5.32 Å². The molecule has 108 valence electrons. The first-order valence-electron chi connectivity index (χ1n) is 6.21. The molecule has 1 N–H and O–H groups in total. The summed E-state index contributed by atoms with van der Waals surface area (Å²) in [5.74, 6) is 3.64. The lowest BCUT2D eigenvalue weighted by atomic mass is 10.1. The normalized spacial score (nSPS) is 20.9. The van der Waals surface area contributed by atoms with Crippen molar-refractivity contribution in [3.63, 3.8) is 0 Å². The topological polar surface area (TPSA) is 32.3 Å². The maximum Gasteiger partial charge on any atom is 0.224 e. The SMILES string of the molecule is CSCCC(C)N(C)C(=O)CC1CSCCN1.Cl. The molecule has 6 heteroatoms. The Bertz CT molecular complexity index is 238. The van der Waals surface area contributed by atoms with Gasteiger partial charge in [0.05, 0.1) is 0 Å². The Morgan fingerprint density at radius 1 is 1.61 bits per heavy atom. The molecule has 1 heterocycles. The molecule has 1 aliphatic heterocycles. The van der Waals surface area contributed by atoms with Crippen LogP contribution in [0.15, 0.2) is 0 Å². The molecule has 3 nitrogen and oxygen atoms in total. The van der Waals surface area contributed by atoms with E-state index in [4.69, 9.17) is 0 Å². The van der Waals surface area contributed by atoms with E-state index in [1.54, 1.807) is 0 Å². The lowest BCUT2D eigenvalue weighted by molar-refractivity contribution is -0.132. The van der Waals surface area contributed by atoms with Gasteiger partial charge < -0.3 is 10.2 Å². The summed E-state index contributed by atoms with van der Waals surface area (Å²) in [4.78, 5) is 14.0. The van der Waals surface area contributed by atoms with Gasteiger partial charge in [0, 0.05) is 43.6 Å². The molecule has 0 aromatic carbocycles. The minimum atomic E-state index is 0. The van der Waals surface area contributed by atoms with Crippen molar-refractivity contribution in [2.24, 2.45) is 0 Å². The Hall–Kier alpha value is 0.420. The van der Waals surface area contributed by atoms with Gasteiger partial charge in [-0.25, -0.2) is 0 Å². The number of carbonyl (C=O) groups excluding carboxylic acids is 1.